The van der Waals surface area contributed by atoms with E-state index in [0.29, 0.717) is 10.6 Å². The number of H-pyrrole nitrogens is 1. The number of aromatic nitrogens is 4. The summed E-state index contributed by atoms with van der Waals surface area (Å²) in [4.78, 5) is 10.4. The molecule has 11 heavy (non-hydrogen) atoms. The molecule has 0 bridgehead atoms. The maximum atomic E-state index is 7.25. The molecule has 0 fully saturated rings. The molecular weight excluding hydrogens is 208 g/mol. The van der Waals surface area contributed by atoms with Crippen LogP contribution in [0.25, 0.3) is 5.95 Å². The highest BCUT2D eigenvalue weighted by Crippen LogP contribution is 2.07. The second-order valence-electron chi connectivity index (χ2n) is 1.90. The summed E-state index contributed by atoms with van der Waals surface area (Å²) in [5.74, 6) is 0.424. The molecule has 0 radical (unpaired) electrons. The smallest absolute Gasteiger partial charge is 0.212 e. The number of nitrogens with one attached hydrogen (secondary N) is 1. The van der Waals surface area contributed by atoms with E-state index in [9.17, 15) is 0 Å². The summed E-state index contributed by atoms with van der Waals surface area (Å²) in [6.07, 6.45) is 3.17. The van der Waals surface area contributed by atoms with E-state index in [0.717, 1.165) is 0 Å². The molecule has 0 aliphatic carbocycles. The number of nitrogens with zero attached hydrogens (tertiary/aromatic N) is 3. The van der Waals surface area contributed by atoms with E-state index in [1.54, 1.807) is 17.1 Å². The van der Waals surface area contributed by atoms with E-state index in [-0.39, 0.29) is 12.3 Å². The van der Waals surface area contributed by atoms with Crippen LogP contribution >= 0.6 is 15.9 Å². The summed E-state index contributed by atoms with van der Waals surface area (Å²) in [5.41, 5.74) is 0. The van der Waals surface area contributed by atoms with Crippen LogP contribution in [0.5, 0.6) is 0 Å². The second-order valence-corrected chi connectivity index (χ2v) is 2.71. The number of imidazole rings is 2. The second kappa shape index (κ2) is 2.50. The molecule has 2 aromatic heterocycles. The lowest BCUT2D eigenvalue weighted by molar-refractivity contribution is 0.960. The van der Waals surface area contributed by atoms with Gasteiger partial charge in [-0.05, 0) is 15.9 Å². The van der Waals surface area contributed by atoms with Crippen molar-refractivity contribution < 1.29 is 2.74 Å². The zero-order valence-electron chi connectivity index (χ0n) is 7.37. The van der Waals surface area contributed by atoms with Crippen LogP contribution in [0.3, 0.4) is 0 Å². The van der Waals surface area contributed by atoms with Crippen molar-refractivity contribution in [2.45, 2.75) is 0 Å². The van der Waals surface area contributed by atoms with Crippen LogP contribution in [0, 0.1) is 0 Å². The maximum Gasteiger partial charge on any atom is 0.212 e. The van der Waals surface area contributed by atoms with Crippen LogP contribution in [-0.4, -0.2) is 19.5 Å². The van der Waals surface area contributed by atoms with Crippen molar-refractivity contribution in [3.63, 3.8) is 0 Å². The summed E-state index contributed by atoms with van der Waals surface area (Å²) in [6, 6.07) is 0. The summed E-state index contributed by atoms with van der Waals surface area (Å²) in [5, 5.41) is 0. The Hall–Kier alpha value is -1.10. The van der Waals surface area contributed by atoms with E-state index >= 15 is 0 Å². The molecule has 56 valence electrons. The van der Waals surface area contributed by atoms with Gasteiger partial charge in [-0.2, -0.15) is 0 Å². The molecule has 0 unspecified atom stereocenters. The van der Waals surface area contributed by atoms with Gasteiger partial charge >= 0.3 is 0 Å². The van der Waals surface area contributed by atoms with E-state index in [1.807, 2.05) is 0 Å². The van der Waals surface area contributed by atoms with Crippen LogP contribution < -0.4 is 0 Å². The number of hydrogen-bond acceptors (Lipinski definition) is 2. The highest BCUT2D eigenvalue weighted by Gasteiger charge is 1.97. The zero-order valence-corrected chi connectivity index (χ0v) is 6.96. The monoisotopic (exact) mass is 214 g/mol. The lowest BCUT2D eigenvalue weighted by Gasteiger charge is -1.91. The minimum atomic E-state index is -0.0696. The van der Waals surface area contributed by atoms with Gasteiger partial charge in [0.1, 0.15) is 10.9 Å². The lowest BCUT2D eigenvalue weighted by atomic mass is 10.8. The standard InChI is InChI=1S/C6H5BrN4/c7-5-3-11(4-10-5)6-8-1-2-9-6/h1-4H,(H,8,9)/i1D,2D. The van der Waals surface area contributed by atoms with Crippen molar-refractivity contribution in [2.24, 2.45) is 0 Å². The molecule has 4 nitrogen and oxygen atoms in total. The van der Waals surface area contributed by atoms with Gasteiger partial charge in [0.25, 0.3) is 0 Å². The van der Waals surface area contributed by atoms with Gasteiger partial charge in [-0.25, -0.2) is 9.97 Å². The van der Waals surface area contributed by atoms with Crippen molar-refractivity contribution in [1.82, 2.24) is 19.5 Å². The predicted molar refractivity (Wildman–Crippen MR) is 43.4 cm³/mol. The van der Waals surface area contributed by atoms with Crippen molar-refractivity contribution in [3.8, 4) is 5.95 Å². The van der Waals surface area contributed by atoms with Gasteiger partial charge in [0.05, 0.1) is 2.74 Å². The number of aromatic amines is 1. The Morgan fingerprint density at radius 1 is 1.64 bits per heavy atom. The van der Waals surface area contributed by atoms with Gasteiger partial charge in [-0.1, -0.05) is 0 Å². The number of rotatable bonds is 1. The zero-order chi connectivity index (χ0) is 9.42. The molecule has 2 heterocycles. The van der Waals surface area contributed by atoms with Gasteiger partial charge in [-0.15, -0.1) is 0 Å². The third-order valence-corrected chi connectivity index (χ3v) is 1.60. The third-order valence-electron chi connectivity index (χ3n) is 1.19. The van der Waals surface area contributed by atoms with Gasteiger partial charge in [0.15, 0.2) is 0 Å². The molecule has 2 rings (SSSR count). The van der Waals surface area contributed by atoms with E-state index < -0.39 is 0 Å². The Balaban J connectivity index is 2.46. The molecule has 1 N–H and O–H groups in total. The largest absolute Gasteiger partial charge is 0.330 e. The summed E-state index contributed by atoms with van der Waals surface area (Å²) >= 11 is 3.19. The van der Waals surface area contributed by atoms with Gasteiger partial charge in [0.2, 0.25) is 5.95 Å². The molecule has 0 saturated heterocycles. The van der Waals surface area contributed by atoms with Crippen LogP contribution in [0.4, 0.5) is 0 Å². The Bertz CT molecular complexity index is 416. The van der Waals surface area contributed by atoms with Gasteiger partial charge in [-0.3, -0.25) is 4.57 Å². The average Bonchev–Trinajstić information content (AvgIpc) is 2.61. The molecule has 0 atom stereocenters. The Labute approximate surface area is 74.2 Å². The highest BCUT2D eigenvalue weighted by atomic mass is 79.9. The van der Waals surface area contributed by atoms with E-state index in [1.165, 1.54) is 0 Å². The fourth-order valence-electron chi connectivity index (χ4n) is 0.730. The van der Waals surface area contributed by atoms with Crippen molar-refractivity contribution in [3.05, 3.63) is 29.5 Å². The third kappa shape index (κ3) is 1.19. The number of hydrogen-bond donors (Lipinski definition) is 1. The highest BCUT2D eigenvalue weighted by molar-refractivity contribution is 9.10. The fourth-order valence-corrected chi connectivity index (χ4v) is 1.04. The van der Waals surface area contributed by atoms with Crippen molar-refractivity contribution >= 4 is 15.9 Å². The normalized spacial score (nSPS) is 12.8. The fraction of sp³-hybridized carbons (Fsp3) is 0. The first-order valence-corrected chi connectivity index (χ1v) is 3.69. The molecule has 0 amide bonds. The molecular formula is C6H5BrN4. The molecule has 0 saturated carbocycles. The quantitative estimate of drug-likeness (QED) is 0.780. The SMILES string of the molecule is [2H]c1nc(-n2cnc(Br)c2)[nH]c1[2H]. The Morgan fingerprint density at radius 3 is 3.09 bits per heavy atom. The van der Waals surface area contributed by atoms with E-state index in [2.05, 4.69) is 30.9 Å². The maximum absolute atomic E-state index is 7.25. The first-order chi connectivity index (χ1) is 6.16. The number of halogens is 1. The van der Waals surface area contributed by atoms with Gasteiger partial charge < -0.3 is 4.98 Å². The molecule has 2 aromatic rings. The summed E-state index contributed by atoms with van der Waals surface area (Å²) in [6.45, 7) is 0. The molecule has 5 heteroatoms. The van der Waals surface area contributed by atoms with Crippen molar-refractivity contribution in [2.75, 3.05) is 0 Å². The lowest BCUT2D eigenvalue weighted by Crippen LogP contribution is -1.91. The molecule has 0 aliphatic rings. The Kier molecular flexibility index (Phi) is 1.07. The average molecular weight is 215 g/mol. The predicted octanol–water partition coefficient (Wildman–Crippen LogP) is 1.36. The van der Waals surface area contributed by atoms with Crippen LogP contribution in [0.15, 0.2) is 29.5 Å². The minimum absolute atomic E-state index is 0.000164. The summed E-state index contributed by atoms with van der Waals surface area (Å²) < 4.78 is 16.7. The topological polar surface area (TPSA) is 46.5 Å². The molecule has 0 aliphatic heterocycles. The van der Waals surface area contributed by atoms with Crippen LogP contribution in [-0.2, 0) is 0 Å². The summed E-state index contributed by atoms with van der Waals surface area (Å²) in [7, 11) is 0. The van der Waals surface area contributed by atoms with E-state index in [4.69, 9.17) is 2.74 Å². The van der Waals surface area contributed by atoms with Crippen LogP contribution in [0.1, 0.15) is 2.74 Å². The molecule has 0 aromatic carbocycles. The first-order valence-electron chi connectivity index (χ1n) is 3.90. The minimum Gasteiger partial charge on any atom is -0.330 e. The van der Waals surface area contributed by atoms with Crippen molar-refractivity contribution in [1.29, 1.82) is 0 Å². The van der Waals surface area contributed by atoms with Crippen LogP contribution in [0.2, 0.25) is 0 Å². The van der Waals surface area contributed by atoms with Gasteiger partial charge in [0, 0.05) is 18.5 Å². The first kappa shape index (κ1) is 4.71. The molecule has 0 spiro atoms. The Morgan fingerprint density at radius 2 is 2.55 bits per heavy atom.